The van der Waals surface area contributed by atoms with Crippen LogP contribution in [0.4, 0.5) is 0 Å². The Kier molecular flexibility index (Phi) is 21.3. The number of hydrogen-bond acceptors (Lipinski definition) is 10. The van der Waals surface area contributed by atoms with E-state index in [1.165, 1.54) is 0 Å². The Labute approximate surface area is 159 Å². The first-order chi connectivity index (χ1) is 8.07. The van der Waals surface area contributed by atoms with E-state index in [9.17, 15) is 39.6 Å². The second kappa shape index (κ2) is 15.2. The van der Waals surface area contributed by atoms with Crippen LogP contribution in [-0.4, -0.2) is 96.8 Å². The average molecular weight is 327 g/mol. The summed E-state index contributed by atoms with van der Waals surface area (Å²) in [5, 5.41) is 38.7. The second-order valence-electron chi connectivity index (χ2n) is 3.00. The Bertz CT molecular complexity index is 308. The first kappa shape index (κ1) is 28.1. The van der Waals surface area contributed by atoms with Crippen molar-refractivity contribution in [2.45, 2.75) is 24.9 Å². The van der Waals surface area contributed by atoms with E-state index in [1.807, 2.05) is 0 Å². The first-order valence-electron chi connectivity index (χ1n) is 4.40. The summed E-state index contributed by atoms with van der Waals surface area (Å²) in [5.74, 6) is -6.16. The standard InChI is InChI=1S/2C4H7NO4.Ca.Mg/c2*5-2(4(8)9)1-3(6)7;;/h2*2H,1,5H2,(H,6,7)(H,8,9);;/q;;2*+2/p-4/t2*2-;;/m10../s1. The van der Waals surface area contributed by atoms with Crippen LogP contribution in [0.3, 0.4) is 0 Å². The van der Waals surface area contributed by atoms with Crippen molar-refractivity contribution in [3.05, 3.63) is 0 Å². The minimum atomic E-state index is -1.58. The number of carbonyl (C=O) groups is 4. The SMILES string of the molecule is N[C@@H](CC(=O)[O-])C(=O)[O-].N[C@H](CC(=O)[O-])C(=O)[O-].[Ca+2].[Mg+2]. The van der Waals surface area contributed by atoms with E-state index >= 15 is 0 Å². The Balaban J connectivity index is -0.000000116. The van der Waals surface area contributed by atoms with Crippen LogP contribution < -0.4 is 31.9 Å². The van der Waals surface area contributed by atoms with Crippen molar-refractivity contribution in [2.75, 3.05) is 0 Å². The van der Waals surface area contributed by atoms with Crippen molar-refractivity contribution in [3.63, 3.8) is 0 Å². The van der Waals surface area contributed by atoms with Crippen molar-refractivity contribution in [2.24, 2.45) is 11.5 Å². The summed E-state index contributed by atoms with van der Waals surface area (Å²) in [7, 11) is 0. The van der Waals surface area contributed by atoms with E-state index in [2.05, 4.69) is 0 Å². The van der Waals surface area contributed by atoms with Crippen LogP contribution in [0.2, 0.25) is 0 Å². The molecule has 0 rings (SSSR count). The minimum absolute atomic E-state index is 0. The molecule has 0 aliphatic carbocycles. The molecule has 2 atom stereocenters. The maximum Gasteiger partial charge on any atom is 2.00 e. The zero-order valence-corrected chi connectivity index (χ0v) is 14.0. The fraction of sp³-hybridized carbons (Fsp3) is 0.500. The molecule has 20 heavy (non-hydrogen) atoms. The number of aliphatic carboxylic acids is 4. The van der Waals surface area contributed by atoms with Crippen molar-refractivity contribution in [1.29, 1.82) is 0 Å². The molecule has 0 aliphatic heterocycles. The van der Waals surface area contributed by atoms with E-state index in [0.717, 1.165) is 0 Å². The molecule has 0 saturated heterocycles. The van der Waals surface area contributed by atoms with Crippen LogP contribution in [0.25, 0.3) is 0 Å². The molecule has 10 nitrogen and oxygen atoms in total. The van der Waals surface area contributed by atoms with Gasteiger partial charge in [-0.05, 0) is 0 Å². The molecule has 0 aromatic heterocycles. The molecule has 0 spiro atoms. The Morgan fingerprint density at radius 3 is 1.00 bits per heavy atom. The molecule has 0 saturated carbocycles. The van der Waals surface area contributed by atoms with Gasteiger partial charge in [0.2, 0.25) is 0 Å². The van der Waals surface area contributed by atoms with E-state index in [-0.39, 0.29) is 60.8 Å². The number of rotatable bonds is 6. The number of hydrogen-bond donors (Lipinski definition) is 2. The molecule has 0 heterocycles. The smallest absolute Gasteiger partial charge is 0.550 e. The monoisotopic (exact) mass is 326 g/mol. The summed E-state index contributed by atoms with van der Waals surface area (Å²) in [4.78, 5) is 38.7. The van der Waals surface area contributed by atoms with Gasteiger partial charge in [-0.3, -0.25) is 0 Å². The third-order valence-electron chi connectivity index (χ3n) is 1.38. The van der Waals surface area contributed by atoms with E-state index in [1.54, 1.807) is 0 Å². The number of nitrogens with two attached hydrogens (primary N) is 2. The Morgan fingerprint density at radius 2 is 0.950 bits per heavy atom. The molecule has 0 aromatic rings. The van der Waals surface area contributed by atoms with Crippen molar-refractivity contribution in [1.82, 2.24) is 0 Å². The van der Waals surface area contributed by atoms with Gasteiger partial charge in [0, 0.05) is 36.9 Å². The third-order valence-corrected chi connectivity index (χ3v) is 1.38. The van der Waals surface area contributed by atoms with Gasteiger partial charge < -0.3 is 51.1 Å². The van der Waals surface area contributed by atoms with Crippen LogP contribution >= 0.6 is 0 Å². The molecule has 0 aliphatic rings. The van der Waals surface area contributed by atoms with E-state index in [4.69, 9.17) is 11.5 Å². The van der Waals surface area contributed by atoms with Gasteiger partial charge in [-0.25, -0.2) is 0 Å². The zero-order chi connectivity index (χ0) is 14.9. The number of carbonyl (C=O) groups excluding carboxylic acids is 4. The molecule has 0 bridgehead atoms. The van der Waals surface area contributed by atoms with Gasteiger partial charge in [-0.15, -0.1) is 0 Å². The molecular formula is C8H10CaMgN2O8. The predicted octanol–water partition coefficient (Wildman–Crippen LogP) is -8.35. The van der Waals surface area contributed by atoms with E-state index in [0.29, 0.717) is 0 Å². The van der Waals surface area contributed by atoms with Gasteiger partial charge in [0.25, 0.3) is 0 Å². The quantitative estimate of drug-likeness (QED) is 0.439. The summed E-state index contributed by atoms with van der Waals surface area (Å²) >= 11 is 0. The predicted molar refractivity (Wildman–Crippen MR) is 56.7 cm³/mol. The average Bonchev–Trinajstić information content (AvgIpc) is 2.16. The molecule has 12 heteroatoms. The van der Waals surface area contributed by atoms with Crippen molar-refractivity contribution in [3.8, 4) is 0 Å². The van der Waals surface area contributed by atoms with Gasteiger partial charge in [0.15, 0.2) is 0 Å². The van der Waals surface area contributed by atoms with Crippen molar-refractivity contribution < 1.29 is 39.6 Å². The molecule has 0 aromatic carbocycles. The Morgan fingerprint density at radius 1 is 0.750 bits per heavy atom. The fourth-order valence-corrected chi connectivity index (χ4v) is 0.526. The van der Waals surface area contributed by atoms with Crippen LogP contribution in [-0.2, 0) is 19.2 Å². The van der Waals surface area contributed by atoms with E-state index < -0.39 is 48.8 Å². The normalized spacial score (nSPS) is 11.3. The summed E-state index contributed by atoms with van der Waals surface area (Å²) in [6, 6.07) is -2.93. The summed E-state index contributed by atoms with van der Waals surface area (Å²) in [6.45, 7) is 0. The van der Waals surface area contributed by atoms with Gasteiger partial charge >= 0.3 is 60.8 Å². The van der Waals surface area contributed by atoms with Gasteiger partial charge in [-0.1, -0.05) is 0 Å². The van der Waals surface area contributed by atoms with Gasteiger partial charge in [0.05, 0.1) is 11.9 Å². The summed E-state index contributed by atoms with van der Waals surface area (Å²) in [6.07, 6.45) is -1.41. The van der Waals surface area contributed by atoms with Crippen LogP contribution in [0.5, 0.6) is 0 Å². The maximum absolute atomic E-state index is 9.71. The Hall–Kier alpha value is -0.174. The van der Waals surface area contributed by atoms with Crippen LogP contribution in [0.1, 0.15) is 12.8 Å². The van der Waals surface area contributed by atoms with Crippen LogP contribution in [0.15, 0.2) is 0 Å². The number of carboxylic acid groups (broad SMARTS) is 4. The minimum Gasteiger partial charge on any atom is -0.550 e. The summed E-state index contributed by atoms with van der Waals surface area (Å²) < 4.78 is 0. The second-order valence-corrected chi connectivity index (χ2v) is 3.00. The van der Waals surface area contributed by atoms with Crippen molar-refractivity contribution >= 4 is 84.7 Å². The van der Waals surface area contributed by atoms with Gasteiger partial charge in [-0.2, -0.15) is 0 Å². The molecule has 0 unspecified atom stereocenters. The molecular weight excluding hydrogens is 316 g/mol. The molecule has 0 amide bonds. The molecule has 104 valence electrons. The van der Waals surface area contributed by atoms with Gasteiger partial charge in [0.1, 0.15) is 0 Å². The summed E-state index contributed by atoms with van der Waals surface area (Å²) in [5.41, 5.74) is 9.47. The zero-order valence-electron chi connectivity index (χ0n) is 10.4. The third kappa shape index (κ3) is 20.1. The maximum atomic E-state index is 9.71. The molecule has 0 radical (unpaired) electrons. The molecule has 0 fully saturated rings. The van der Waals surface area contributed by atoms with Crippen LogP contribution in [0, 0.1) is 0 Å². The largest absolute Gasteiger partial charge is 2.00 e. The first-order valence-corrected chi connectivity index (χ1v) is 4.40. The fourth-order valence-electron chi connectivity index (χ4n) is 0.526. The molecule has 4 N–H and O–H groups in total. The number of carboxylic acids is 4. The topological polar surface area (TPSA) is 213 Å².